The van der Waals surface area contributed by atoms with Crippen LogP contribution in [-0.4, -0.2) is 54.9 Å². The van der Waals surface area contributed by atoms with Crippen LogP contribution in [-0.2, 0) is 0 Å². The van der Waals surface area contributed by atoms with Crippen LogP contribution in [0, 0.1) is 0 Å². The predicted octanol–water partition coefficient (Wildman–Crippen LogP) is 5.95. The first-order valence-corrected chi connectivity index (χ1v) is 12.5. The van der Waals surface area contributed by atoms with Crippen LogP contribution in [0.3, 0.4) is 0 Å². The molecule has 8 heteroatoms. The Bertz CT molecular complexity index is 1300. The van der Waals surface area contributed by atoms with Gasteiger partial charge in [0, 0.05) is 35.8 Å². The zero-order valence-corrected chi connectivity index (χ0v) is 22.3. The largest absolute Gasteiger partial charge is 0.497 e. The standard InChI is InChI=1S/C28H29N3O3S.ClH/c1-4-30(5-2)17-18-31(28-29-24-19-23(34-3)15-16-25(24)35-28)27(33)22-13-11-21(12-14-22)26(32)20-9-7-6-8-10-20;/h6-16,19H,4-5,17-18H2,1-3H3;1H. The first-order chi connectivity index (χ1) is 17.0. The molecule has 0 aliphatic carbocycles. The van der Waals surface area contributed by atoms with E-state index in [-0.39, 0.29) is 24.1 Å². The summed E-state index contributed by atoms with van der Waals surface area (Å²) in [6.45, 7) is 7.30. The number of carbonyl (C=O) groups excluding carboxylic acids is 2. The number of thiazole rings is 1. The van der Waals surface area contributed by atoms with Gasteiger partial charge in [-0.05, 0) is 37.4 Å². The van der Waals surface area contributed by atoms with Crippen LogP contribution in [0.5, 0.6) is 5.75 Å². The second-order valence-electron chi connectivity index (χ2n) is 8.09. The predicted molar refractivity (Wildman–Crippen MR) is 149 cm³/mol. The fourth-order valence-electron chi connectivity index (χ4n) is 3.88. The number of ketones is 1. The molecule has 1 heterocycles. The molecule has 0 N–H and O–H groups in total. The van der Waals surface area contributed by atoms with E-state index in [9.17, 15) is 9.59 Å². The number of carbonyl (C=O) groups is 2. The van der Waals surface area contributed by atoms with Crippen LogP contribution in [0.15, 0.2) is 72.8 Å². The lowest BCUT2D eigenvalue weighted by molar-refractivity contribution is 0.0981. The van der Waals surface area contributed by atoms with Crippen molar-refractivity contribution in [2.24, 2.45) is 0 Å². The average Bonchev–Trinajstić information content (AvgIpc) is 3.34. The maximum atomic E-state index is 13.7. The van der Waals surface area contributed by atoms with Gasteiger partial charge in [0.05, 0.1) is 17.3 Å². The molecule has 0 bridgehead atoms. The summed E-state index contributed by atoms with van der Waals surface area (Å²) in [5.74, 6) is 0.527. The van der Waals surface area contributed by atoms with Gasteiger partial charge in [-0.25, -0.2) is 4.98 Å². The van der Waals surface area contributed by atoms with Crippen molar-refractivity contribution in [1.29, 1.82) is 0 Å². The number of aromatic nitrogens is 1. The molecule has 3 aromatic carbocycles. The Balaban J connectivity index is 0.00000361. The van der Waals surface area contributed by atoms with E-state index < -0.39 is 0 Å². The van der Waals surface area contributed by atoms with E-state index in [4.69, 9.17) is 9.72 Å². The van der Waals surface area contributed by atoms with Gasteiger partial charge in [0.1, 0.15) is 5.75 Å². The molecule has 0 saturated heterocycles. The number of nitrogens with zero attached hydrogens (tertiary/aromatic N) is 3. The number of fused-ring (bicyclic) bond motifs is 1. The molecule has 0 fully saturated rings. The number of methoxy groups -OCH3 is 1. The van der Waals surface area contributed by atoms with Gasteiger partial charge in [-0.15, -0.1) is 12.4 Å². The summed E-state index contributed by atoms with van der Waals surface area (Å²) in [5.41, 5.74) is 2.49. The molecule has 0 aliphatic rings. The van der Waals surface area contributed by atoms with Crippen molar-refractivity contribution in [3.8, 4) is 5.75 Å². The smallest absolute Gasteiger partial charge is 0.260 e. The van der Waals surface area contributed by atoms with Crippen LogP contribution in [0.2, 0.25) is 0 Å². The highest BCUT2D eigenvalue weighted by Crippen LogP contribution is 2.32. The van der Waals surface area contributed by atoms with Gasteiger partial charge in [0.25, 0.3) is 5.91 Å². The second kappa shape index (κ2) is 12.6. The molecule has 36 heavy (non-hydrogen) atoms. The summed E-state index contributed by atoms with van der Waals surface area (Å²) < 4.78 is 6.32. The molecule has 1 amide bonds. The minimum Gasteiger partial charge on any atom is -0.497 e. The topological polar surface area (TPSA) is 62.7 Å². The van der Waals surface area contributed by atoms with E-state index in [1.807, 2.05) is 36.4 Å². The molecule has 1 aromatic heterocycles. The number of hydrogen-bond donors (Lipinski definition) is 0. The zero-order valence-electron chi connectivity index (χ0n) is 20.6. The number of rotatable bonds is 10. The number of anilines is 1. The van der Waals surface area contributed by atoms with Gasteiger partial charge in [0.2, 0.25) is 0 Å². The molecule has 0 atom stereocenters. The second-order valence-corrected chi connectivity index (χ2v) is 9.10. The number of benzene rings is 3. The zero-order chi connectivity index (χ0) is 24.8. The van der Waals surface area contributed by atoms with Crippen molar-refractivity contribution in [1.82, 2.24) is 9.88 Å². The van der Waals surface area contributed by atoms with Crippen LogP contribution in [0.4, 0.5) is 5.13 Å². The minimum atomic E-state index is -0.137. The first kappa shape index (κ1) is 27.3. The highest BCUT2D eigenvalue weighted by atomic mass is 35.5. The Hall–Kier alpha value is -3.26. The van der Waals surface area contributed by atoms with E-state index in [2.05, 4.69) is 18.7 Å². The minimum absolute atomic E-state index is 0. The molecule has 4 aromatic rings. The van der Waals surface area contributed by atoms with Gasteiger partial charge < -0.3 is 9.64 Å². The number of ether oxygens (including phenoxy) is 1. The summed E-state index contributed by atoms with van der Waals surface area (Å²) in [4.78, 5) is 35.2. The van der Waals surface area contributed by atoms with Crippen molar-refractivity contribution in [3.63, 3.8) is 0 Å². The van der Waals surface area contributed by atoms with Gasteiger partial charge >= 0.3 is 0 Å². The Kier molecular flexibility index (Phi) is 9.58. The lowest BCUT2D eigenvalue weighted by atomic mass is 10.0. The monoisotopic (exact) mass is 523 g/mol. The Labute approximate surface area is 221 Å². The van der Waals surface area contributed by atoms with Crippen LogP contribution in [0.25, 0.3) is 10.2 Å². The third kappa shape index (κ3) is 6.10. The maximum Gasteiger partial charge on any atom is 0.260 e. The quantitative estimate of drug-likeness (QED) is 0.240. The maximum absolute atomic E-state index is 13.7. The van der Waals surface area contributed by atoms with Crippen molar-refractivity contribution < 1.29 is 14.3 Å². The number of amides is 1. The lowest BCUT2D eigenvalue weighted by Crippen LogP contribution is -2.38. The summed E-state index contributed by atoms with van der Waals surface area (Å²) in [7, 11) is 1.63. The van der Waals surface area contributed by atoms with E-state index in [0.717, 1.165) is 35.6 Å². The summed E-state index contributed by atoms with van der Waals surface area (Å²) >= 11 is 1.49. The Morgan fingerprint density at radius 3 is 2.14 bits per heavy atom. The van der Waals surface area contributed by atoms with Crippen LogP contribution in [0.1, 0.15) is 40.1 Å². The van der Waals surface area contributed by atoms with Crippen molar-refractivity contribution in [3.05, 3.63) is 89.5 Å². The summed E-state index contributed by atoms with van der Waals surface area (Å²) in [6.07, 6.45) is 0. The molecule has 0 saturated carbocycles. The highest BCUT2D eigenvalue weighted by molar-refractivity contribution is 7.22. The normalized spacial score (nSPS) is 10.8. The summed E-state index contributed by atoms with van der Waals surface area (Å²) in [6, 6.07) is 21.8. The van der Waals surface area contributed by atoms with Gasteiger partial charge in [-0.1, -0.05) is 67.6 Å². The fraction of sp³-hybridized carbons (Fsp3) is 0.250. The fourth-order valence-corrected chi connectivity index (χ4v) is 4.85. The first-order valence-electron chi connectivity index (χ1n) is 11.7. The Morgan fingerprint density at radius 1 is 0.861 bits per heavy atom. The van der Waals surface area contributed by atoms with Crippen molar-refractivity contribution >= 4 is 50.8 Å². The van der Waals surface area contributed by atoms with Gasteiger partial charge in [0.15, 0.2) is 10.9 Å². The third-order valence-electron chi connectivity index (χ3n) is 6.02. The van der Waals surface area contributed by atoms with Crippen LogP contribution < -0.4 is 9.64 Å². The van der Waals surface area contributed by atoms with Gasteiger partial charge in [-0.2, -0.15) is 0 Å². The van der Waals surface area contributed by atoms with Crippen LogP contribution >= 0.6 is 23.7 Å². The lowest BCUT2D eigenvalue weighted by Gasteiger charge is -2.24. The van der Waals surface area contributed by atoms with E-state index >= 15 is 0 Å². The number of hydrogen-bond acceptors (Lipinski definition) is 6. The molecule has 188 valence electrons. The highest BCUT2D eigenvalue weighted by Gasteiger charge is 2.22. The molecule has 0 unspecified atom stereocenters. The molecule has 6 nitrogen and oxygen atoms in total. The number of likely N-dealkylation sites (N-methyl/N-ethyl adjacent to an activating group) is 1. The number of halogens is 1. The van der Waals surface area contributed by atoms with E-state index in [0.29, 0.717) is 28.4 Å². The summed E-state index contributed by atoms with van der Waals surface area (Å²) in [5, 5.41) is 0.648. The van der Waals surface area contributed by atoms with E-state index in [1.165, 1.54) is 11.3 Å². The Morgan fingerprint density at radius 2 is 1.50 bits per heavy atom. The molecular weight excluding hydrogens is 494 g/mol. The molecular formula is C28H30ClN3O3S. The molecule has 0 aliphatic heterocycles. The SMILES string of the molecule is CCN(CC)CCN(C(=O)c1ccc(C(=O)c2ccccc2)cc1)c1nc2cc(OC)ccc2s1.Cl. The van der Waals surface area contributed by atoms with Crippen molar-refractivity contribution in [2.45, 2.75) is 13.8 Å². The molecule has 0 spiro atoms. The van der Waals surface area contributed by atoms with E-state index in [1.54, 1.807) is 48.4 Å². The molecule has 4 rings (SSSR count). The van der Waals surface area contributed by atoms with Crippen molar-refractivity contribution in [2.75, 3.05) is 38.2 Å². The molecule has 0 radical (unpaired) electrons. The van der Waals surface area contributed by atoms with Gasteiger partial charge in [-0.3, -0.25) is 14.5 Å². The third-order valence-corrected chi connectivity index (χ3v) is 7.08. The average molecular weight is 524 g/mol.